The van der Waals surface area contributed by atoms with Gasteiger partial charge in [0.2, 0.25) is 0 Å². The summed E-state index contributed by atoms with van der Waals surface area (Å²) < 4.78 is 0. The highest BCUT2D eigenvalue weighted by molar-refractivity contribution is 8.13. The highest BCUT2D eigenvalue weighted by atomic mass is 35.5. The lowest BCUT2D eigenvalue weighted by Crippen LogP contribution is -1.83. The van der Waals surface area contributed by atoms with Gasteiger partial charge in [-0.1, -0.05) is 35.5 Å². The number of phenols is 1. The van der Waals surface area contributed by atoms with E-state index in [-0.39, 0.29) is 10.9 Å². The van der Waals surface area contributed by atoms with Crippen LogP contribution in [0.25, 0.3) is 6.08 Å². The average Bonchev–Trinajstić information content (AvgIpc) is 2.20. The molecule has 0 unspecified atom stereocenters. The maximum absolute atomic E-state index is 10.7. The van der Waals surface area contributed by atoms with Crippen molar-refractivity contribution in [1.82, 2.24) is 0 Å². The van der Waals surface area contributed by atoms with Crippen molar-refractivity contribution in [1.29, 1.82) is 0 Å². The smallest absolute Gasteiger partial charge is 0.185 e. The summed E-state index contributed by atoms with van der Waals surface area (Å²) >= 11 is 7.01. The lowest BCUT2D eigenvalue weighted by Gasteiger charge is -1.99. The van der Waals surface area contributed by atoms with Crippen molar-refractivity contribution in [3.8, 4) is 5.75 Å². The van der Waals surface area contributed by atoms with Gasteiger partial charge in [0, 0.05) is 23.3 Å². The average molecular weight is 257 g/mol. The van der Waals surface area contributed by atoms with E-state index in [0.717, 1.165) is 17.7 Å². The lowest BCUT2D eigenvalue weighted by molar-refractivity contribution is -0.109. The number of hydrogen-bond acceptors (Lipinski definition) is 3. The third kappa shape index (κ3) is 4.73. The topological polar surface area (TPSA) is 37.3 Å². The third-order valence-electron chi connectivity index (χ3n) is 1.88. The van der Waals surface area contributed by atoms with Crippen LogP contribution in [0.1, 0.15) is 18.9 Å². The summed E-state index contributed by atoms with van der Waals surface area (Å²) in [7, 11) is 0. The minimum absolute atomic E-state index is 0.128. The lowest BCUT2D eigenvalue weighted by atomic mass is 10.2. The second kappa shape index (κ2) is 6.61. The molecule has 0 heterocycles. The number of carbonyl (C=O) groups excluding carboxylic acids is 1. The van der Waals surface area contributed by atoms with Crippen molar-refractivity contribution < 1.29 is 9.90 Å². The van der Waals surface area contributed by atoms with Gasteiger partial charge in [-0.3, -0.25) is 4.79 Å². The van der Waals surface area contributed by atoms with Crippen molar-refractivity contribution in [3.05, 3.63) is 34.9 Å². The predicted molar refractivity (Wildman–Crippen MR) is 69.9 cm³/mol. The van der Waals surface area contributed by atoms with Crippen LogP contribution < -0.4 is 0 Å². The molecule has 16 heavy (non-hydrogen) atoms. The van der Waals surface area contributed by atoms with Crippen LogP contribution in [0.5, 0.6) is 5.75 Å². The van der Waals surface area contributed by atoms with E-state index in [4.69, 9.17) is 11.6 Å². The van der Waals surface area contributed by atoms with Crippen LogP contribution in [0.4, 0.5) is 0 Å². The Balaban J connectivity index is 2.47. The van der Waals surface area contributed by atoms with Crippen LogP contribution in [-0.4, -0.2) is 16.0 Å². The Morgan fingerprint density at radius 1 is 1.56 bits per heavy atom. The molecular formula is C12H13ClO2S. The minimum Gasteiger partial charge on any atom is -0.507 e. The number of rotatable bonds is 4. The third-order valence-corrected chi connectivity index (χ3v) is 2.96. The standard InChI is InChI=1S/C12H13ClO2S/c1-9(14)16-7-3-2-4-10-5-6-11(13)8-12(10)15/h2,4-6,8,15H,3,7H2,1H3. The first kappa shape index (κ1) is 13.1. The summed E-state index contributed by atoms with van der Waals surface area (Å²) in [5.41, 5.74) is 0.734. The number of aromatic hydroxyl groups is 1. The first-order valence-electron chi connectivity index (χ1n) is 4.88. The van der Waals surface area contributed by atoms with E-state index in [9.17, 15) is 9.90 Å². The van der Waals surface area contributed by atoms with Gasteiger partial charge in [-0.25, -0.2) is 0 Å². The summed E-state index contributed by atoms with van der Waals surface area (Å²) in [6.07, 6.45) is 4.55. The SMILES string of the molecule is CC(=O)SCCC=Cc1ccc(Cl)cc1O. The van der Waals surface area contributed by atoms with Gasteiger partial charge in [-0.05, 0) is 24.6 Å². The highest BCUT2D eigenvalue weighted by Crippen LogP contribution is 2.23. The van der Waals surface area contributed by atoms with Gasteiger partial charge < -0.3 is 5.11 Å². The number of halogens is 1. The van der Waals surface area contributed by atoms with E-state index in [1.54, 1.807) is 19.1 Å². The summed E-state index contributed by atoms with van der Waals surface area (Å²) in [6, 6.07) is 4.99. The van der Waals surface area contributed by atoms with Gasteiger partial charge in [-0.15, -0.1) is 0 Å². The first-order chi connectivity index (χ1) is 7.59. The number of hydrogen-bond donors (Lipinski definition) is 1. The second-order valence-corrected chi connectivity index (χ2v) is 4.94. The number of phenolic OH excluding ortho intramolecular Hbond substituents is 1. The number of carbonyl (C=O) groups is 1. The molecule has 0 saturated carbocycles. The molecule has 0 spiro atoms. The molecule has 86 valence electrons. The van der Waals surface area contributed by atoms with Crippen LogP contribution in [0.3, 0.4) is 0 Å². The van der Waals surface area contributed by atoms with Crippen LogP contribution in [0, 0.1) is 0 Å². The van der Waals surface area contributed by atoms with Crippen LogP contribution in [-0.2, 0) is 4.79 Å². The summed E-state index contributed by atoms with van der Waals surface area (Å²) in [4.78, 5) is 10.7. The number of benzene rings is 1. The molecule has 1 rings (SSSR count). The summed E-state index contributed by atoms with van der Waals surface area (Å²) in [5.74, 6) is 0.933. The molecule has 1 aromatic carbocycles. The Morgan fingerprint density at radius 2 is 2.31 bits per heavy atom. The van der Waals surface area contributed by atoms with E-state index >= 15 is 0 Å². The number of allylic oxidation sites excluding steroid dienone is 1. The monoisotopic (exact) mass is 256 g/mol. The molecule has 2 nitrogen and oxygen atoms in total. The summed E-state index contributed by atoms with van der Waals surface area (Å²) in [5, 5.41) is 10.2. The molecule has 4 heteroatoms. The molecule has 0 aromatic heterocycles. The molecular weight excluding hydrogens is 244 g/mol. The fourth-order valence-corrected chi connectivity index (χ4v) is 1.85. The van der Waals surface area contributed by atoms with Crippen molar-refractivity contribution >= 4 is 34.6 Å². The zero-order valence-corrected chi connectivity index (χ0v) is 10.5. The van der Waals surface area contributed by atoms with Gasteiger partial charge >= 0.3 is 0 Å². The minimum atomic E-state index is 0.128. The number of thioether (sulfide) groups is 1. The maximum atomic E-state index is 10.7. The van der Waals surface area contributed by atoms with Gasteiger partial charge in [0.25, 0.3) is 0 Å². The fraction of sp³-hybridized carbons (Fsp3) is 0.250. The Hall–Kier alpha value is -0.930. The van der Waals surface area contributed by atoms with Crippen molar-refractivity contribution in [2.45, 2.75) is 13.3 Å². The van der Waals surface area contributed by atoms with Gasteiger partial charge in [0.05, 0.1) is 0 Å². The van der Waals surface area contributed by atoms with Gasteiger partial charge in [-0.2, -0.15) is 0 Å². The molecule has 0 radical (unpaired) electrons. The van der Waals surface area contributed by atoms with Gasteiger partial charge in [0.1, 0.15) is 5.75 Å². The van der Waals surface area contributed by atoms with E-state index < -0.39 is 0 Å². The van der Waals surface area contributed by atoms with Crippen LogP contribution in [0.15, 0.2) is 24.3 Å². The maximum Gasteiger partial charge on any atom is 0.185 e. The molecule has 0 fully saturated rings. The van der Waals surface area contributed by atoms with E-state index in [0.29, 0.717) is 5.02 Å². The van der Waals surface area contributed by atoms with E-state index in [1.807, 2.05) is 12.2 Å². The normalized spacial score (nSPS) is 10.9. The Kier molecular flexibility index (Phi) is 5.43. The second-order valence-electron chi connectivity index (χ2n) is 3.23. The van der Waals surface area contributed by atoms with E-state index in [1.165, 1.54) is 17.8 Å². The van der Waals surface area contributed by atoms with Crippen LogP contribution >= 0.6 is 23.4 Å². The highest BCUT2D eigenvalue weighted by Gasteiger charge is 1.97. The molecule has 0 saturated heterocycles. The van der Waals surface area contributed by atoms with Gasteiger partial charge in [0.15, 0.2) is 5.12 Å². The quantitative estimate of drug-likeness (QED) is 0.834. The molecule has 1 aromatic rings. The largest absolute Gasteiger partial charge is 0.507 e. The Labute approximate surface area is 104 Å². The molecule has 0 atom stereocenters. The predicted octanol–water partition coefficient (Wildman–Crippen LogP) is 3.73. The molecule has 0 amide bonds. The molecule has 0 aliphatic heterocycles. The Bertz CT molecular complexity index is 402. The van der Waals surface area contributed by atoms with E-state index in [2.05, 4.69) is 0 Å². The van der Waals surface area contributed by atoms with Crippen molar-refractivity contribution in [2.75, 3.05) is 5.75 Å². The molecule has 0 aliphatic carbocycles. The van der Waals surface area contributed by atoms with Crippen molar-refractivity contribution in [3.63, 3.8) is 0 Å². The zero-order valence-electron chi connectivity index (χ0n) is 8.94. The van der Waals surface area contributed by atoms with Crippen LogP contribution in [0.2, 0.25) is 5.02 Å². The molecule has 1 N–H and O–H groups in total. The Morgan fingerprint density at radius 3 is 2.94 bits per heavy atom. The first-order valence-corrected chi connectivity index (χ1v) is 6.24. The molecule has 0 aliphatic rings. The van der Waals surface area contributed by atoms with Crippen molar-refractivity contribution in [2.24, 2.45) is 0 Å². The summed E-state index contributed by atoms with van der Waals surface area (Å²) in [6.45, 7) is 1.55. The fourth-order valence-electron chi connectivity index (χ4n) is 1.14. The zero-order chi connectivity index (χ0) is 12.0. The molecule has 0 bridgehead atoms.